The van der Waals surface area contributed by atoms with Crippen molar-refractivity contribution in [1.29, 1.82) is 0 Å². The summed E-state index contributed by atoms with van der Waals surface area (Å²) in [6, 6.07) is 8.95. The molecule has 7 nitrogen and oxygen atoms in total. The Bertz CT molecular complexity index is 876. The van der Waals surface area contributed by atoms with E-state index in [0.717, 1.165) is 11.5 Å². The molecule has 3 heterocycles. The largest absolute Gasteiger partial charge is 0.486 e. The Hall–Kier alpha value is -2.61. The number of nitrogens with one attached hydrogen (secondary N) is 1. The highest BCUT2D eigenvalue weighted by Gasteiger charge is 2.20. The van der Waals surface area contributed by atoms with Crippen molar-refractivity contribution in [2.45, 2.75) is 6.10 Å². The van der Waals surface area contributed by atoms with E-state index in [1.54, 1.807) is 0 Å². The predicted molar refractivity (Wildman–Crippen MR) is 82.0 cm³/mol. The van der Waals surface area contributed by atoms with Crippen molar-refractivity contribution < 1.29 is 9.47 Å². The molecular weight excluding hydrogens is 304 g/mol. The second-order valence-electron chi connectivity index (χ2n) is 4.76. The van der Waals surface area contributed by atoms with Gasteiger partial charge >= 0.3 is 0 Å². The van der Waals surface area contributed by atoms with Crippen molar-refractivity contribution >= 4 is 21.4 Å². The summed E-state index contributed by atoms with van der Waals surface area (Å²) in [5, 5.41) is 7.98. The molecule has 0 spiro atoms. The maximum Gasteiger partial charge on any atom is 0.275 e. The Morgan fingerprint density at radius 3 is 3.05 bits per heavy atom. The Morgan fingerprint density at radius 2 is 2.18 bits per heavy atom. The normalized spacial score (nSPS) is 16.6. The third kappa shape index (κ3) is 2.37. The summed E-state index contributed by atoms with van der Waals surface area (Å²) in [5.74, 6) is 1.50. The second kappa shape index (κ2) is 5.30. The molecule has 112 valence electrons. The summed E-state index contributed by atoms with van der Waals surface area (Å²) >= 11 is 1.32. The molecular formula is C14H12N4O3S. The van der Waals surface area contributed by atoms with Crippen molar-refractivity contribution in [3.05, 3.63) is 46.9 Å². The van der Waals surface area contributed by atoms with Gasteiger partial charge in [0.15, 0.2) is 11.5 Å². The van der Waals surface area contributed by atoms with E-state index in [9.17, 15) is 4.79 Å². The monoisotopic (exact) mass is 316 g/mol. The number of hydrogen-bond donors (Lipinski definition) is 1. The van der Waals surface area contributed by atoms with Gasteiger partial charge in [-0.25, -0.2) is 4.98 Å². The Morgan fingerprint density at radius 1 is 1.32 bits per heavy atom. The standard InChI is InChI=1S/C14H12N4O3S/c19-12-5-6-15-14-18(12)17-13(22-14)16-7-9-8-20-10-3-1-2-4-11(10)21-9/h1-6,9H,7-8H2,(H,16,17). The number of rotatable bonds is 3. The lowest BCUT2D eigenvalue weighted by Crippen LogP contribution is -2.35. The van der Waals surface area contributed by atoms with Gasteiger partial charge in [0.1, 0.15) is 12.7 Å². The minimum Gasteiger partial charge on any atom is -0.486 e. The van der Waals surface area contributed by atoms with Crippen molar-refractivity contribution in [2.24, 2.45) is 0 Å². The number of aromatic nitrogens is 3. The van der Waals surface area contributed by atoms with E-state index in [2.05, 4.69) is 15.4 Å². The van der Waals surface area contributed by atoms with Crippen LogP contribution >= 0.6 is 11.3 Å². The quantitative estimate of drug-likeness (QED) is 0.787. The zero-order valence-electron chi connectivity index (χ0n) is 11.4. The summed E-state index contributed by atoms with van der Waals surface area (Å²) < 4.78 is 12.8. The van der Waals surface area contributed by atoms with Crippen LogP contribution in [-0.4, -0.2) is 33.9 Å². The summed E-state index contributed by atoms with van der Waals surface area (Å²) in [6.45, 7) is 0.996. The maximum absolute atomic E-state index is 11.6. The highest BCUT2D eigenvalue weighted by Crippen LogP contribution is 2.30. The van der Waals surface area contributed by atoms with E-state index in [4.69, 9.17) is 9.47 Å². The predicted octanol–water partition coefficient (Wildman–Crippen LogP) is 1.40. The fourth-order valence-electron chi connectivity index (χ4n) is 2.18. The van der Waals surface area contributed by atoms with Crippen LogP contribution in [0.25, 0.3) is 4.96 Å². The fraction of sp³-hybridized carbons (Fsp3) is 0.214. The summed E-state index contributed by atoms with van der Waals surface area (Å²) in [7, 11) is 0. The summed E-state index contributed by atoms with van der Waals surface area (Å²) in [6.07, 6.45) is 1.36. The number of fused-ring (bicyclic) bond motifs is 2. The van der Waals surface area contributed by atoms with Crippen LogP contribution in [0.2, 0.25) is 0 Å². The molecule has 0 bridgehead atoms. The number of ether oxygens (including phenoxy) is 2. The third-order valence-electron chi connectivity index (χ3n) is 3.22. The van der Waals surface area contributed by atoms with E-state index in [0.29, 0.717) is 23.2 Å². The van der Waals surface area contributed by atoms with Crippen LogP contribution in [0.4, 0.5) is 5.13 Å². The zero-order valence-corrected chi connectivity index (χ0v) is 12.2. The molecule has 0 saturated heterocycles. The number of benzene rings is 1. The average molecular weight is 316 g/mol. The lowest BCUT2D eigenvalue weighted by atomic mass is 10.2. The van der Waals surface area contributed by atoms with Gasteiger partial charge in [-0.1, -0.05) is 23.5 Å². The van der Waals surface area contributed by atoms with Crippen LogP contribution in [0.1, 0.15) is 0 Å². The van der Waals surface area contributed by atoms with Gasteiger partial charge < -0.3 is 14.8 Å². The summed E-state index contributed by atoms with van der Waals surface area (Å²) in [5.41, 5.74) is -0.194. The molecule has 1 aliphatic heterocycles. The fourth-order valence-corrected chi connectivity index (χ4v) is 2.96. The minimum absolute atomic E-state index is 0.119. The maximum atomic E-state index is 11.6. The van der Waals surface area contributed by atoms with Gasteiger partial charge in [0.05, 0.1) is 6.54 Å². The van der Waals surface area contributed by atoms with Gasteiger partial charge in [-0.2, -0.15) is 4.52 Å². The number of nitrogens with zero attached hydrogens (tertiary/aromatic N) is 3. The van der Waals surface area contributed by atoms with Crippen LogP contribution in [0.15, 0.2) is 41.3 Å². The Kier molecular flexibility index (Phi) is 3.15. The molecule has 2 aromatic heterocycles. The first-order valence-electron chi connectivity index (χ1n) is 6.77. The molecule has 1 unspecified atom stereocenters. The molecule has 3 aromatic rings. The minimum atomic E-state index is -0.194. The molecule has 4 rings (SSSR count). The van der Waals surface area contributed by atoms with Crippen molar-refractivity contribution in [3.63, 3.8) is 0 Å². The van der Waals surface area contributed by atoms with Crippen LogP contribution in [0.5, 0.6) is 11.5 Å². The third-order valence-corrected chi connectivity index (χ3v) is 4.10. The highest BCUT2D eigenvalue weighted by molar-refractivity contribution is 7.20. The van der Waals surface area contributed by atoms with Crippen molar-refractivity contribution in [3.8, 4) is 11.5 Å². The van der Waals surface area contributed by atoms with Crippen molar-refractivity contribution in [2.75, 3.05) is 18.5 Å². The smallest absolute Gasteiger partial charge is 0.275 e. The molecule has 0 radical (unpaired) electrons. The molecule has 1 N–H and O–H groups in total. The average Bonchev–Trinajstić information content (AvgIpc) is 2.97. The van der Waals surface area contributed by atoms with Gasteiger partial charge in [-0.15, -0.1) is 5.10 Å². The van der Waals surface area contributed by atoms with Gasteiger partial charge in [0.2, 0.25) is 10.1 Å². The lowest BCUT2D eigenvalue weighted by Gasteiger charge is -2.26. The van der Waals surface area contributed by atoms with E-state index in [1.165, 1.54) is 28.1 Å². The molecule has 8 heteroatoms. The first kappa shape index (κ1) is 13.1. The molecule has 1 aromatic carbocycles. The topological polar surface area (TPSA) is 77.8 Å². The Labute approximate surface area is 129 Å². The number of anilines is 1. The van der Waals surface area contributed by atoms with Gasteiger partial charge in [0.25, 0.3) is 5.56 Å². The molecule has 1 aliphatic rings. The highest BCUT2D eigenvalue weighted by atomic mass is 32.1. The van der Waals surface area contributed by atoms with Crippen LogP contribution in [-0.2, 0) is 0 Å². The second-order valence-corrected chi connectivity index (χ2v) is 5.72. The van der Waals surface area contributed by atoms with E-state index >= 15 is 0 Å². The summed E-state index contributed by atoms with van der Waals surface area (Å²) in [4.78, 5) is 16.3. The van der Waals surface area contributed by atoms with Crippen LogP contribution in [0, 0.1) is 0 Å². The first-order chi connectivity index (χ1) is 10.8. The molecule has 0 saturated carbocycles. The lowest BCUT2D eigenvalue weighted by molar-refractivity contribution is 0.0997. The van der Waals surface area contributed by atoms with Crippen LogP contribution < -0.4 is 20.3 Å². The van der Waals surface area contributed by atoms with Crippen LogP contribution in [0.3, 0.4) is 0 Å². The molecule has 0 amide bonds. The SMILES string of the molecule is O=c1ccnc2sc(NCC3COc4ccccc4O3)nn12. The van der Waals surface area contributed by atoms with Gasteiger partial charge in [-0.3, -0.25) is 4.79 Å². The molecule has 0 aliphatic carbocycles. The molecule has 22 heavy (non-hydrogen) atoms. The van der Waals surface area contributed by atoms with Crippen molar-refractivity contribution in [1.82, 2.24) is 14.6 Å². The van der Waals surface area contributed by atoms with Gasteiger partial charge in [0, 0.05) is 12.3 Å². The molecule has 1 atom stereocenters. The zero-order chi connectivity index (χ0) is 14.9. The Balaban J connectivity index is 1.46. The first-order valence-corrected chi connectivity index (χ1v) is 7.58. The van der Waals surface area contributed by atoms with E-state index in [1.807, 2.05) is 24.3 Å². The van der Waals surface area contributed by atoms with E-state index in [-0.39, 0.29) is 11.7 Å². The van der Waals surface area contributed by atoms with Gasteiger partial charge in [-0.05, 0) is 12.1 Å². The number of para-hydroxylation sites is 2. The number of hydrogen-bond acceptors (Lipinski definition) is 7. The van der Waals surface area contributed by atoms with E-state index < -0.39 is 0 Å². The molecule has 0 fully saturated rings.